The standard InChI is InChI=1S/C26H26N8O2/c1-16-10-17(4-7-22(16)36-18-5-6-21-19(11-18)30-15-33(21)3)31-24-23-20(28-14-29-24)12-27-25(32-23)34-9-8-26(2,35)13-34/h4-7,10-12,14-15,35H,8-9,13H2,1-3H3,(H,28,29,31)/t26-/m1/s1. The highest BCUT2D eigenvalue weighted by Crippen LogP contribution is 2.31. The molecule has 0 amide bonds. The number of fused-ring (bicyclic) bond motifs is 2. The van der Waals surface area contributed by atoms with Gasteiger partial charge in [-0.1, -0.05) is 0 Å². The first-order chi connectivity index (χ1) is 17.3. The number of β-amino-alcohol motifs (C(OH)–C–C–N with tert-alkyl or cyclic N) is 1. The Morgan fingerprint density at radius 3 is 2.75 bits per heavy atom. The maximum absolute atomic E-state index is 10.3. The zero-order valence-electron chi connectivity index (χ0n) is 20.3. The molecule has 4 heterocycles. The molecule has 10 heteroatoms. The summed E-state index contributed by atoms with van der Waals surface area (Å²) in [6.07, 6.45) is 5.65. The van der Waals surface area contributed by atoms with E-state index in [0.717, 1.165) is 33.8 Å². The molecule has 0 bridgehead atoms. The predicted molar refractivity (Wildman–Crippen MR) is 138 cm³/mol. The van der Waals surface area contributed by atoms with E-state index in [-0.39, 0.29) is 0 Å². The van der Waals surface area contributed by atoms with Gasteiger partial charge < -0.3 is 24.6 Å². The second-order valence-electron chi connectivity index (χ2n) is 9.51. The van der Waals surface area contributed by atoms with Gasteiger partial charge >= 0.3 is 0 Å². The number of ether oxygens (including phenoxy) is 1. The van der Waals surface area contributed by atoms with Crippen LogP contribution in [0.3, 0.4) is 0 Å². The fraction of sp³-hybridized carbons (Fsp3) is 0.269. The Morgan fingerprint density at radius 1 is 1.06 bits per heavy atom. The van der Waals surface area contributed by atoms with Crippen molar-refractivity contribution in [3.05, 3.63) is 60.8 Å². The van der Waals surface area contributed by atoms with Crippen LogP contribution >= 0.6 is 0 Å². The summed E-state index contributed by atoms with van der Waals surface area (Å²) in [6, 6.07) is 11.8. The largest absolute Gasteiger partial charge is 0.457 e. The van der Waals surface area contributed by atoms with Crippen LogP contribution in [0.5, 0.6) is 11.5 Å². The number of aryl methyl sites for hydroxylation is 2. The minimum absolute atomic E-state index is 0.489. The van der Waals surface area contributed by atoms with Crippen molar-refractivity contribution >= 4 is 39.5 Å². The van der Waals surface area contributed by atoms with Crippen LogP contribution in [0, 0.1) is 6.92 Å². The predicted octanol–water partition coefficient (Wildman–Crippen LogP) is 4.11. The molecule has 6 rings (SSSR count). The number of nitrogens with one attached hydrogen (secondary N) is 1. The van der Waals surface area contributed by atoms with E-state index >= 15 is 0 Å². The molecule has 2 N–H and O–H groups in total. The van der Waals surface area contributed by atoms with Crippen LogP contribution in [0.25, 0.3) is 22.1 Å². The molecular formula is C26H26N8O2. The molecule has 0 unspecified atom stereocenters. The first-order valence-corrected chi connectivity index (χ1v) is 11.8. The maximum Gasteiger partial charge on any atom is 0.226 e. The summed E-state index contributed by atoms with van der Waals surface area (Å²) in [7, 11) is 1.97. The summed E-state index contributed by atoms with van der Waals surface area (Å²) in [5, 5.41) is 13.7. The first kappa shape index (κ1) is 22.2. The quantitative estimate of drug-likeness (QED) is 0.382. The summed E-state index contributed by atoms with van der Waals surface area (Å²) in [6.45, 7) is 5.01. The lowest BCUT2D eigenvalue weighted by Crippen LogP contribution is -2.30. The van der Waals surface area contributed by atoms with Crippen LogP contribution in [0.4, 0.5) is 17.5 Å². The summed E-state index contributed by atoms with van der Waals surface area (Å²) < 4.78 is 8.12. The van der Waals surface area contributed by atoms with E-state index < -0.39 is 5.60 Å². The number of benzene rings is 2. The topological polar surface area (TPSA) is 114 Å². The molecule has 36 heavy (non-hydrogen) atoms. The van der Waals surface area contributed by atoms with E-state index in [9.17, 15) is 5.11 Å². The zero-order chi connectivity index (χ0) is 24.9. The highest BCUT2D eigenvalue weighted by molar-refractivity contribution is 5.87. The molecule has 1 saturated heterocycles. The Kier molecular flexibility index (Phi) is 5.18. The van der Waals surface area contributed by atoms with Crippen molar-refractivity contribution in [2.45, 2.75) is 25.9 Å². The summed E-state index contributed by atoms with van der Waals surface area (Å²) >= 11 is 0. The first-order valence-electron chi connectivity index (χ1n) is 11.8. The highest BCUT2D eigenvalue weighted by Gasteiger charge is 2.32. The lowest BCUT2D eigenvalue weighted by atomic mass is 10.1. The van der Waals surface area contributed by atoms with Crippen LogP contribution in [0.2, 0.25) is 0 Å². The molecule has 1 atom stereocenters. The van der Waals surface area contributed by atoms with Gasteiger partial charge in [-0.2, -0.15) is 0 Å². The molecule has 3 aromatic heterocycles. The fourth-order valence-corrected chi connectivity index (χ4v) is 4.49. The maximum atomic E-state index is 10.3. The molecule has 10 nitrogen and oxygen atoms in total. The molecule has 0 aliphatic carbocycles. The molecule has 2 aromatic carbocycles. The van der Waals surface area contributed by atoms with E-state index in [2.05, 4.69) is 25.3 Å². The van der Waals surface area contributed by atoms with Gasteiger partial charge in [0.25, 0.3) is 0 Å². The van der Waals surface area contributed by atoms with Crippen LogP contribution in [0.1, 0.15) is 18.9 Å². The minimum atomic E-state index is -0.739. The zero-order valence-corrected chi connectivity index (χ0v) is 20.3. The van der Waals surface area contributed by atoms with Gasteiger partial charge in [0.1, 0.15) is 28.9 Å². The van der Waals surface area contributed by atoms with Crippen molar-refractivity contribution in [3.63, 3.8) is 0 Å². The average molecular weight is 483 g/mol. The lowest BCUT2D eigenvalue weighted by Gasteiger charge is -2.19. The van der Waals surface area contributed by atoms with E-state index in [1.807, 2.05) is 66.8 Å². The van der Waals surface area contributed by atoms with Gasteiger partial charge in [0.2, 0.25) is 5.95 Å². The van der Waals surface area contributed by atoms with Crippen LogP contribution in [-0.2, 0) is 7.05 Å². The smallest absolute Gasteiger partial charge is 0.226 e. The van der Waals surface area contributed by atoms with E-state index in [4.69, 9.17) is 9.72 Å². The molecule has 0 saturated carbocycles. The van der Waals surface area contributed by atoms with Gasteiger partial charge in [-0.3, -0.25) is 0 Å². The number of anilines is 3. The third kappa shape index (κ3) is 4.16. The third-order valence-corrected chi connectivity index (χ3v) is 6.46. The monoisotopic (exact) mass is 482 g/mol. The Hall–Kier alpha value is -4.31. The molecule has 5 aromatic rings. The lowest BCUT2D eigenvalue weighted by molar-refractivity contribution is 0.0838. The van der Waals surface area contributed by atoms with Crippen molar-refractivity contribution in [1.82, 2.24) is 29.5 Å². The van der Waals surface area contributed by atoms with E-state index in [1.54, 1.807) is 12.5 Å². The molecule has 1 aliphatic rings. The normalized spacial score (nSPS) is 17.7. The second kappa shape index (κ2) is 8.42. The van der Waals surface area contributed by atoms with Crippen molar-refractivity contribution in [1.29, 1.82) is 0 Å². The summed E-state index contributed by atoms with van der Waals surface area (Å²) in [5.74, 6) is 2.64. The van der Waals surface area contributed by atoms with E-state index in [1.165, 1.54) is 6.33 Å². The number of hydrogen-bond acceptors (Lipinski definition) is 9. The number of hydrogen-bond donors (Lipinski definition) is 2. The molecule has 1 fully saturated rings. The number of aliphatic hydroxyl groups is 1. The van der Waals surface area contributed by atoms with Gasteiger partial charge in [0.15, 0.2) is 5.82 Å². The van der Waals surface area contributed by atoms with Crippen LogP contribution in [0.15, 0.2) is 55.2 Å². The fourth-order valence-electron chi connectivity index (χ4n) is 4.49. The summed E-state index contributed by atoms with van der Waals surface area (Å²) in [5.41, 5.74) is 4.29. The van der Waals surface area contributed by atoms with Gasteiger partial charge in [-0.25, -0.2) is 24.9 Å². The van der Waals surface area contributed by atoms with Crippen LogP contribution < -0.4 is 15.0 Å². The number of imidazole rings is 1. The van der Waals surface area contributed by atoms with Gasteiger partial charge in [0.05, 0.1) is 29.2 Å². The Morgan fingerprint density at radius 2 is 1.94 bits per heavy atom. The Balaban J connectivity index is 1.25. The summed E-state index contributed by atoms with van der Waals surface area (Å²) in [4.78, 5) is 24.3. The van der Waals surface area contributed by atoms with Crippen molar-refractivity contribution < 1.29 is 9.84 Å². The van der Waals surface area contributed by atoms with E-state index in [0.29, 0.717) is 42.3 Å². The molecule has 0 spiro atoms. The van der Waals surface area contributed by atoms with Crippen LogP contribution in [-0.4, -0.2) is 53.3 Å². The second-order valence-corrected chi connectivity index (χ2v) is 9.51. The molecule has 182 valence electrons. The van der Waals surface area contributed by atoms with Crippen molar-refractivity contribution in [2.75, 3.05) is 23.3 Å². The molecule has 1 aliphatic heterocycles. The van der Waals surface area contributed by atoms with Crippen molar-refractivity contribution in [3.8, 4) is 11.5 Å². The number of nitrogens with zero attached hydrogens (tertiary/aromatic N) is 7. The van der Waals surface area contributed by atoms with Crippen molar-refractivity contribution in [2.24, 2.45) is 7.05 Å². The van der Waals surface area contributed by atoms with Gasteiger partial charge in [0, 0.05) is 31.9 Å². The number of aromatic nitrogens is 6. The minimum Gasteiger partial charge on any atom is -0.457 e. The van der Waals surface area contributed by atoms with Gasteiger partial charge in [-0.05, 0) is 56.2 Å². The molecule has 0 radical (unpaired) electrons. The Bertz CT molecular complexity index is 1600. The average Bonchev–Trinajstić information content (AvgIpc) is 3.42. The molecular weight excluding hydrogens is 456 g/mol. The SMILES string of the molecule is Cc1cc(Nc2ncnc3cnc(N4CC[C@@](C)(O)C4)nc23)ccc1Oc1ccc2c(c1)ncn2C. The van der Waals surface area contributed by atoms with Gasteiger partial charge in [-0.15, -0.1) is 0 Å². The highest BCUT2D eigenvalue weighted by atomic mass is 16.5. The third-order valence-electron chi connectivity index (χ3n) is 6.46. The Labute approximate surface area is 207 Å². The number of rotatable bonds is 5.